The van der Waals surface area contributed by atoms with Crippen molar-refractivity contribution in [1.82, 2.24) is 9.78 Å². The maximum Gasteiger partial charge on any atom is 0.128 e. The summed E-state index contributed by atoms with van der Waals surface area (Å²) in [5.74, 6) is 0. The zero-order chi connectivity index (χ0) is 9.35. The largest absolute Gasteiger partial charge is 0.263 e. The van der Waals surface area contributed by atoms with Crippen molar-refractivity contribution in [2.24, 2.45) is 0 Å². The lowest BCUT2D eigenvalue weighted by Crippen LogP contribution is -2.25. The van der Waals surface area contributed by atoms with Gasteiger partial charge >= 0.3 is 0 Å². The number of nitrogens with zero attached hydrogens (tertiary/aromatic N) is 2. The van der Waals surface area contributed by atoms with Gasteiger partial charge in [0, 0.05) is 5.69 Å². The van der Waals surface area contributed by atoms with Gasteiger partial charge < -0.3 is 0 Å². The molecule has 68 valence electrons. The summed E-state index contributed by atoms with van der Waals surface area (Å²) in [6.07, 6.45) is 1.02. The average molecular weight is 231 g/mol. The fourth-order valence-corrected chi connectivity index (χ4v) is 1.64. The van der Waals surface area contributed by atoms with Crippen LogP contribution in [0.3, 0.4) is 0 Å². The maximum absolute atomic E-state index is 4.39. The van der Waals surface area contributed by atoms with Gasteiger partial charge in [0.2, 0.25) is 0 Å². The first-order valence-electron chi connectivity index (χ1n) is 4.20. The first-order valence-corrected chi connectivity index (χ1v) is 4.99. The Morgan fingerprint density at radius 1 is 1.50 bits per heavy atom. The molecular weight excluding hydrogens is 216 g/mol. The zero-order valence-corrected chi connectivity index (χ0v) is 9.64. The van der Waals surface area contributed by atoms with Crippen molar-refractivity contribution in [3.05, 3.63) is 16.4 Å². The molecule has 0 aliphatic heterocycles. The van der Waals surface area contributed by atoms with Gasteiger partial charge in [-0.3, -0.25) is 4.68 Å². The molecule has 1 aromatic heterocycles. The minimum absolute atomic E-state index is 0.0807. The van der Waals surface area contributed by atoms with E-state index in [4.69, 9.17) is 0 Å². The van der Waals surface area contributed by atoms with Crippen molar-refractivity contribution in [2.45, 2.75) is 39.7 Å². The Balaban J connectivity index is 3.13. The maximum atomic E-state index is 4.39. The molecule has 3 heteroatoms. The molecule has 0 saturated carbocycles. The van der Waals surface area contributed by atoms with Gasteiger partial charge in [-0.1, -0.05) is 6.92 Å². The monoisotopic (exact) mass is 230 g/mol. The Kier molecular flexibility index (Phi) is 2.61. The van der Waals surface area contributed by atoms with Gasteiger partial charge in [0.15, 0.2) is 0 Å². The van der Waals surface area contributed by atoms with E-state index in [0.717, 1.165) is 11.0 Å². The number of aromatic nitrogens is 2. The van der Waals surface area contributed by atoms with Gasteiger partial charge in [-0.05, 0) is 49.2 Å². The van der Waals surface area contributed by atoms with E-state index in [-0.39, 0.29) is 5.54 Å². The predicted molar refractivity (Wildman–Crippen MR) is 54.3 cm³/mol. The minimum Gasteiger partial charge on any atom is -0.263 e. The van der Waals surface area contributed by atoms with E-state index in [1.807, 2.05) is 0 Å². The molecule has 0 atom stereocenters. The van der Waals surface area contributed by atoms with Crippen LogP contribution in [0, 0.1) is 0 Å². The van der Waals surface area contributed by atoms with Crippen molar-refractivity contribution in [2.75, 3.05) is 0 Å². The molecule has 0 aromatic carbocycles. The summed E-state index contributed by atoms with van der Waals surface area (Å²) in [6.45, 7) is 8.62. The van der Waals surface area contributed by atoms with Crippen molar-refractivity contribution < 1.29 is 0 Å². The van der Waals surface area contributed by atoms with Gasteiger partial charge in [-0.15, -0.1) is 0 Å². The minimum atomic E-state index is 0.0807. The van der Waals surface area contributed by atoms with Gasteiger partial charge in [0.25, 0.3) is 0 Å². The van der Waals surface area contributed by atoms with E-state index in [1.54, 1.807) is 0 Å². The lowest BCUT2D eigenvalue weighted by Gasteiger charge is -2.21. The second-order valence-electron chi connectivity index (χ2n) is 3.89. The molecule has 0 amide bonds. The summed E-state index contributed by atoms with van der Waals surface area (Å²) in [7, 11) is 0. The van der Waals surface area contributed by atoms with E-state index < -0.39 is 0 Å². The smallest absolute Gasteiger partial charge is 0.128 e. The van der Waals surface area contributed by atoms with Crippen molar-refractivity contribution in [3.8, 4) is 0 Å². The highest BCUT2D eigenvalue weighted by atomic mass is 79.9. The highest BCUT2D eigenvalue weighted by Gasteiger charge is 2.17. The summed E-state index contributed by atoms with van der Waals surface area (Å²) < 4.78 is 2.99. The molecule has 2 nitrogen and oxygen atoms in total. The topological polar surface area (TPSA) is 17.8 Å². The third-order valence-electron chi connectivity index (χ3n) is 1.75. The number of hydrogen-bond donors (Lipinski definition) is 0. The molecule has 12 heavy (non-hydrogen) atoms. The van der Waals surface area contributed by atoms with Crippen molar-refractivity contribution in [1.29, 1.82) is 0 Å². The summed E-state index contributed by atoms with van der Waals surface area (Å²) in [6, 6.07) is 2.07. The van der Waals surface area contributed by atoms with Crippen LogP contribution < -0.4 is 0 Å². The second kappa shape index (κ2) is 3.21. The molecule has 0 aliphatic rings. The second-order valence-corrected chi connectivity index (χ2v) is 4.71. The van der Waals surface area contributed by atoms with Gasteiger partial charge in [0.1, 0.15) is 4.60 Å². The third-order valence-corrected chi connectivity index (χ3v) is 2.14. The molecular formula is C9H15BrN2. The van der Waals surface area contributed by atoms with Crippen LogP contribution >= 0.6 is 15.9 Å². The van der Waals surface area contributed by atoms with Crippen LogP contribution in [-0.4, -0.2) is 9.78 Å². The summed E-state index contributed by atoms with van der Waals surface area (Å²) >= 11 is 3.38. The number of rotatable bonds is 1. The number of hydrogen-bond acceptors (Lipinski definition) is 1. The predicted octanol–water partition coefficient (Wildman–Crippen LogP) is 2.96. The fourth-order valence-electron chi connectivity index (χ4n) is 1.22. The summed E-state index contributed by atoms with van der Waals surface area (Å²) in [4.78, 5) is 0. The summed E-state index contributed by atoms with van der Waals surface area (Å²) in [5.41, 5.74) is 1.35. The van der Waals surface area contributed by atoms with Gasteiger partial charge in [-0.25, -0.2) is 0 Å². The SMILES string of the molecule is CCc1cc(Br)nn1C(C)(C)C. The van der Waals surface area contributed by atoms with E-state index in [9.17, 15) is 0 Å². The molecule has 1 rings (SSSR count). The lowest BCUT2D eigenvalue weighted by molar-refractivity contribution is 0.343. The first kappa shape index (κ1) is 9.78. The molecule has 0 radical (unpaired) electrons. The molecule has 0 spiro atoms. The van der Waals surface area contributed by atoms with Gasteiger partial charge in [0.05, 0.1) is 5.54 Å². The molecule has 1 aromatic rings. The number of halogens is 1. The molecule has 0 aliphatic carbocycles. The molecule has 0 N–H and O–H groups in total. The van der Waals surface area contributed by atoms with Crippen LogP contribution in [0.1, 0.15) is 33.4 Å². The van der Waals surface area contributed by atoms with E-state index in [1.165, 1.54) is 5.69 Å². The third kappa shape index (κ3) is 1.89. The molecule has 0 fully saturated rings. The van der Waals surface area contributed by atoms with Crippen LogP contribution in [0.2, 0.25) is 0 Å². The van der Waals surface area contributed by atoms with Crippen molar-refractivity contribution >= 4 is 15.9 Å². The van der Waals surface area contributed by atoms with Gasteiger partial charge in [-0.2, -0.15) is 5.10 Å². The Morgan fingerprint density at radius 3 is 2.42 bits per heavy atom. The highest BCUT2D eigenvalue weighted by Crippen LogP contribution is 2.20. The average Bonchev–Trinajstić information content (AvgIpc) is 2.29. The van der Waals surface area contributed by atoms with Crippen LogP contribution in [0.5, 0.6) is 0 Å². The molecule has 0 saturated heterocycles. The molecule has 0 bridgehead atoms. The first-order chi connectivity index (χ1) is 5.45. The quantitative estimate of drug-likeness (QED) is 0.726. The summed E-state index contributed by atoms with van der Waals surface area (Å²) in [5, 5.41) is 4.39. The van der Waals surface area contributed by atoms with Crippen LogP contribution in [0.15, 0.2) is 10.7 Å². The lowest BCUT2D eigenvalue weighted by atomic mass is 10.1. The van der Waals surface area contributed by atoms with E-state index in [2.05, 4.69) is 59.5 Å². The molecule has 0 unspecified atom stereocenters. The Labute approximate surface area is 82.1 Å². The normalized spacial score (nSPS) is 12.1. The zero-order valence-electron chi connectivity index (χ0n) is 8.06. The highest BCUT2D eigenvalue weighted by molar-refractivity contribution is 9.10. The van der Waals surface area contributed by atoms with Crippen LogP contribution in [0.4, 0.5) is 0 Å². The Morgan fingerprint density at radius 2 is 2.08 bits per heavy atom. The van der Waals surface area contributed by atoms with Crippen LogP contribution in [0.25, 0.3) is 0 Å². The number of aryl methyl sites for hydroxylation is 1. The Bertz CT molecular complexity index is 271. The molecule has 1 heterocycles. The fraction of sp³-hybridized carbons (Fsp3) is 0.667. The standard InChI is InChI=1S/C9H15BrN2/c1-5-7-6-8(10)11-12(7)9(2,3)4/h6H,5H2,1-4H3. The van der Waals surface area contributed by atoms with E-state index >= 15 is 0 Å². The Hall–Kier alpha value is -0.310. The van der Waals surface area contributed by atoms with Crippen molar-refractivity contribution in [3.63, 3.8) is 0 Å². The van der Waals surface area contributed by atoms with E-state index in [0.29, 0.717) is 0 Å². The van der Waals surface area contributed by atoms with Crippen LogP contribution in [-0.2, 0) is 12.0 Å².